The molecule has 1 amide bonds. The van der Waals surface area contributed by atoms with Gasteiger partial charge in [-0.2, -0.15) is 5.10 Å². The number of pyridine rings is 1. The molecule has 10 heteroatoms. The van der Waals surface area contributed by atoms with Crippen molar-refractivity contribution in [1.82, 2.24) is 19.7 Å². The molecular weight excluding hydrogens is 440 g/mol. The molecule has 0 bridgehead atoms. The Balaban J connectivity index is 1.43. The monoisotopic (exact) mass is 472 g/mol. The number of nitrogens with zero attached hydrogens (tertiary/aromatic N) is 4. The van der Waals surface area contributed by atoms with E-state index in [1.165, 1.54) is 0 Å². The lowest BCUT2D eigenvalue weighted by molar-refractivity contribution is -0.143. The van der Waals surface area contributed by atoms with Crippen LogP contribution in [0.5, 0.6) is 11.6 Å². The van der Waals surface area contributed by atoms with E-state index >= 15 is 0 Å². The molecule has 0 unspecified atom stereocenters. The molecule has 2 atom stereocenters. The minimum atomic E-state index is -0.815. The van der Waals surface area contributed by atoms with E-state index < -0.39 is 11.9 Å². The molecule has 2 aliphatic carbocycles. The van der Waals surface area contributed by atoms with Gasteiger partial charge in [0.15, 0.2) is 5.75 Å². The van der Waals surface area contributed by atoms with Crippen molar-refractivity contribution in [2.75, 3.05) is 7.05 Å². The molecule has 4 rings (SSSR count). The van der Waals surface area contributed by atoms with Crippen molar-refractivity contribution in [3.63, 3.8) is 0 Å². The molecule has 2 aromatic heterocycles. The predicted molar refractivity (Wildman–Crippen MR) is 122 cm³/mol. The summed E-state index contributed by atoms with van der Waals surface area (Å²) in [4.78, 5) is 29.7. The summed E-state index contributed by atoms with van der Waals surface area (Å²) in [5, 5.41) is 24.0. The first-order valence-corrected chi connectivity index (χ1v) is 11.8. The van der Waals surface area contributed by atoms with Crippen molar-refractivity contribution in [3.8, 4) is 22.9 Å². The third-order valence-corrected chi connectivity index (χ3v) is 6.94. The van der Waals surface area contributed by atoms with Crippen LogP contribution in [0.15, 0.2) is 18.3 Å². The maximum Gasteiger partial charge on any atom is 0.410 e. The molecule has 10 nitrogen and oxygen atoms in total. The summed E-state index contributed by atoms with van der Waals surface area (Å²) in [5.74, 6) is -1.30. The third kappa shape index (κ3) is 5.26. The molecule has 0 aliphatic heterocycles. The molecule has 2 N–H and O–H groups in total. The number of aromatic nitrogens is 3. The Morgan fingerprint density at radius 3 is 2.65 bits per heavy atom. The Labute approximate surface area is 198 Å². The van der Waals surface area contributed by atoms with E-state index in [2.05, 4.69) is 10.1 Å². The normalized spacial score (nSPS) is 20.8. The number of carbonyl (C=O) groups excluding carboxylic acids is 1. The van der Waals surface area contributed by atoms with E-state index in [9.17, 15) is 19.8 Å². The van der Waals surface area contributed by atoms with E-state index in [4.69, 9.17) is 9.47 Å². The zero-order valence-corrected chi connectivity index (χ0v) is 19.6. The molecule has 0 aromatic carbocycles. The van der Waals surface area contributed by atoms with Crippen LogP contribution in [0.1, 0.15) is 57.1 Å². The summed E-state index contributed by atoms with van der Waals surface area (Å²) in [6.07, 6.45) is 7.77. The molecule has 184 valence electrons. The lowest BCUT2D eigenvalue weighted by atomic mass is 9.87. The first kappa shape index (κ1) is 23.8. The summed E-state index contributed by atoms with van der Waals surface area (Å²) < 4.78 is 13.0. The number of hydrogen-bond acceptors (Lipinski definition) is 7. The van der Waals surface area contributed by atoms with Crippen LogP contribution in [0, 0.1) is 5.92 Å². The SMILES string of the molecule is CN(C(=O)OCc1c(-c2ccc(O[C@H]3CCC[C@H](C(=O)O)C3)c(O)n2)cnn1C)C1CCCC1. The number of ether oxygens (including phenoxy) is 2. The van der Waals surface area contributed by atoms with Gasteiger partial charge in [0, 0.05) is 25.7 Å². The molecular formula is C24H32N4O6. The highest BCUT2D eigenvalue weighted by atomic mass is 16.6. The molecule has 2 aromatic rings. The average Bonchev–Trinajstić information content (AvgIpc) is 3.48. The second kappa shape index (κ2) is 10.3. The van der Waals surface area contributed by atoms with Gasteiger partial charge in [0.25, 0.3) is 5.88 Å². The highest BCUT2D eigenvalue weighted by Gasteiger charge is 2.29. The zero-order chi connectivity index (χ0) is 24.2. The number of hydrogen-bond donors (Lipinski definition) is 2. The lowest BCUT2D eigenvalue weighted by Gasteiger charge is -2.27. The average molecular weight is 473 g/mol. The minimum Gasteiger partial charge on any atom is -0.491 e. The molecule has 34 heavy (non-hydrogen) atoms. The van der Waals surface area contributed by atoms with Gasteiger partial charge in [-0.15, -0.1) is 0 Å². The largest absolute Gasteiger partial charge is 0.491 e. The van der Waals surface area contributed by atoms with Crippen molar-refractivity contribution >= 4 is 12.1 Å². The summed E-state index contributed by atoms with van der Waals surface area (Å²) >= 11 is 0. The number of aromatic hydroxyl groups is 1. The topological polar surface area (TPSA) is 127 Å². The number of aryl methyl sites for hydroxylation is 1. The second-order valence-corrected chi connectivity index (χ2v) is 9.19. The summed E-state index contributed by atoms with van der Waals surface area (Å²) in [7, 11) is 3.53. The minimum absolute atomic E-state index is 0.0288. The predicted octanol–water partition coefficient (Wildman–Crippen LogP) is 3.72. The number of carboxylic acids is 1. The van der Waals surface area contributed by atoms with E-state index in [1.54, 1.807) is 42.0 Å². The van der Waals surface area contributed by atoms with E-state index in [1.807, 2.05) is 0 Å². The van der Waals surface area contributed by atoms with Gasteiger partial charge in [-0.05, 0) is 50.7 Å². The van der Waals surface area contributed by atoms with Gasteiger partial charge in [-0.3, -0.25) is 9.48 Å². The first-order valence-electron chi connectivity index (χ1n) is 11.8. The smallest absolute Gasteiger partial charge is 0.410 e. The van der Waals surface area contributed by atoms with Crippen LogP contribution in [0.3, 0.4) is 0 Å². The Kier molecular flexibility index (Phi) is 7.23. The number of carboxylic acid groups (broad SMARTS) is 1. The lowest BCUT2D eigenvalue weighted by Crippen LogP contribution is -2.35. The fraction of sp³-hybridized carbons (Fsp3) is 0.583. The molecule has 2 fully saturated rings. The number of aliphatic carboxylic acids is 1. The van der Waals surface area contributed by atoms with Crippen molar-refractivity contribution in [3.05, 3.63) is 24.0 Å². The van der Waals surface area contributed by atoms with E-state index in [0.29, 0.717) is 29.8 Å². The molecule has 2 aliphatic rings. The summed E-state index contributed by atoms with van der Waals surface area (Å²) in [6, 6.07) is 3.55. The highest BCUT2D eigenvalue weighted by Crippen LogP contribution is 2.34. The van der Waals surface area contributed by atoms with Crippen LogP contribution in [-0.2, 0) is 23.2 Å². The molecule has 2 saturated carbocycles. The van der Waals surface area contributed by atoms with Crippen LogP contribution in [-0.4, -0.2) is 61.1 Å². The third-order valence-electron chi connectivity index (χ3n) is 6.94. The Morgan fingerprint density at radius 1 is 1.18 bits per heavy atom. The standard InChI is InChI=1S/C24H32N4O6/c1-27(16-7-3-4-8-16)24(32)33-14-20-18(13-25-28(20)2)19-10-11-21(22(29)26-19)34-17-9-5-6-15(12-17)23(30)31/h10-11,13,15-17H,3-9,12,14H2,1-2H3,(H,26,29)(H,30,31)/t15-,17-/m0/s1. The maximum absolute atomic E-state index is 12.5. The maximum atomic E-state index is 12.5. The zero-order valence-electron chi connectivity index (χ0n) is 19.6. The van der Waals surface area contributed by atoms with Gasteiger partial charge in [0.2, 0.25) is 0 Å². The summed E-state index contributed by atoms with van der Waals surface area (Å²) in [6.45, 7) is 0.0288. The van der Waals surface area contributed by atoms with Crippen LogP contribution >= 0.6 is 0 Å². The Hall–Kier alpha value is -3.30. The number of carbonyl (C=O) groups is 2. The Bertz CT molecular complexity index is 1030. The first-order chi connectivity index (χ1) is 16.3. The van der Waals surface area contributed by atoms with Gasteiger partial charge in [-0.1, -0.05) is 12.8 Å². The van der Waals surface area contributed by atoms with Gasteiger partial charge in [0.05, 0.1) is 29.6 Å². The van der Waals surface area contributed by atoms with Crippen molar-refractivity contribution < 1.29 is 29.3 Å². The van der Waals surface area contributed by atoms with E-state index in [0.717, 1.165) is 38.5 Å². The van der Waals surface area contributed by atoms with Gasteiger partial charge < -0.3 is 24.6 Å². The van der Waals surface area contributed by atoms with Gasteiger partial charge in [-0.25, -0.2) is 9.78 Å². The second-order valence-electron chi connectivity index (χ2n) is 9.19. The van der Waals surface area contributed by atoms with Crippen LogP contribution in [0.2, 0.25) is 0 Å². The van der Waals surface area contributed by atoms with Gasteiger partial charge in [0.1, 0.15) is 6.61 Å². The van der Waals surface area contributed by atoms with Crippen LogP contribution in [0.25, 0.3) is 11.3 Å². The Morgan fingerprint density at radius 2 is 1.94 bits per heavy atom. The highest BCUT2D eigenvalue weighted by molar-refractivity contribution is 5.70. The number of rotatable bonds is 7. The van der Waals surface area contributed by atoms with Crippen molar-refractivity contribution in [2.45, 2.75) is 70.1 Å². The molecule has 0 spiro atoms. The van der Waals surface area contributed by atoms with Crippen LogP contribution in [0.4, 0.5) is 4.79 Å². The van der Waals surface area contributed by atoms with E-state index in [-0.39, 0.29) is 36.5 Å². The number of amides is 1. The molecule has 0 radical (unpaired) electrons. The van der Waals surface area contributed by atoms with Crippen molar-refractivity contribution in [1.29, 1.82) is 0 Å². The summed E-state index contributed by atoms with van der Waals surface area (Å²) in [5.41, 5.74) is 1.77. The molecule has 2 heterocycles. The quantitative estimate of drug-likeness (QED) is 0.624. The van der Waals surface area contributed by atoms with Crippen LogP contribution < -0.4 is 4.74 Å². The van der Waals surface area contributed by atoms with Gasteiger partial charge >= 0.3 is 12.1 Å². The fourth-order valence-electron chi connectivity index (χ4n) is 4.85. The van der Waals surface area contributed by atoms with Crippen molar-refractivity contribution in [2.24, 2.45) is 13.0 Å². The molecule has 0 saturated heterocycles. The fourth-order valence-corrected chi connectivity index (χ4v) is 4.85.